The Kier molecular flexibility index (Phi) is 8.04. The van der Waals surface area contributed by atoms with Crippen LogP contribution in [0.1, 0.15) is 11.1 Å². The molecule has 0 fully saturated rings. The molecule has 0 aromatic heterocycles. The molecule has 0 heterocycles. The summed E-state index contributed by atoms with van der Waals surface area (Å²) in [5, 5.41) is 0. The standard InChI is InChI=1S/C18H16N2O2.C14H16N2/c19-13-4-8-15(9-5-13)21-17-2-1-3-18(12-17)22-16-10-6-14(20)7-11-16;1-9-7-11(3-5-13(9)15)12-4-6-14(16)10(2)8-12/h1-12H,19-20H2;3-8H,15-16H2,1-2H3. The molecular formula is C32H32N4O2. The summed E-state index contributed by atoms with van der Waals surface area (Å²) in [7, 11) is 0. The lowest BCUT2D eigenvalue weighted by atomic mass is 10.0. The molecule has 0 aliphatic heterocycles. The molecule has 6 heteroatoms. The van der Waals surface area contributed by atoms with E-state index in [1.54, 1.807) is 24.3 Å². The monoisotopic (exact) mass is 504 g/mol. The largest absolute Gasteiger partial charge is 0.457 e. The van der Waals surface area contributed by atoms with Gasteiger partial charge in [0.25, 0.3) is 0 Å². The molecule has 5 aromatic rings. The highest BCUT2D eigenvalue weighted by Crippen LogP contribution is 2.29. The van der Waals surface area contributed by atoms with Crippen molar-refractivity contribution in [1.82, 2.24) is 0 Å². The first kappa shape index (κ1) is 26.0. The summed E-state index contributed by atoms with van der Waals surface area (Å²) in [4.78, 5) is 0. The molecule has 6 nitrogen and oxygen atoms in total. The Morgan fingerprint density at radius 3 is 1.18 bits per heavy atom. The van der Waals surface area contributed by atoms with E-state index in [0.717, 1.165) is 34.0 Å². The fraction of sp³-hybridized carbons (Fsp3) is 0.0625. The summed E-state index contributed by atoms with van der Waals surface area (Å²) in [5.74, 6) is 2.83. The molecule has 8 N–H and O–H groups in total. The van der Waals surface area contributed by atoms with E-state index < -0.39 is 0 Å². The zero-order valence-corrected chi connectivity index (χ0v) is 21.5. The van der Waals surface area contributed by atoms with Gasteiger partial charge in [-0.2, -0.15) is 0 Å². The van der Waals surface area contributed by atoms with Crippen molar-refractivity contribution in [3.05, 3.63) is 120 Å². The third kappa shape index (κ3) is 6.98. The predicted molar refractivity (Wildman–Crippen MR) is 158 cm³/mol. The Hall–Kier alpha value is -5.10. The Labute approximate surface area is 223 Å². The summed E-state index contributed by atoms with van der Waals surface area (Å²) < 4.78 is 11.6. The van der Waals surface area contributed by atoms with Gasteiger partial charge >= 0.3 is 0 Å². The van der Waals surface area contributed by atoms with Crippen LogP contribution >= 0.6 is 0 Å². The SMILES string of the molecule is Cc1cc(-c2ccc(N)c(C)c2)ccc1N.Nc1ccc(Oc2cccc(Oc3ccc(N)cc3)c2)cc1. The van der Waals surface area contributed by atoms with Crippen molar-refractivity contribution in [3.8, 4) is 34.1 Å². The van der Waals surface area contributed by atoms with Gasteiger partial charge in [-0.3, -0.25) is 0 Å². The Balaban J connectivity index is 0.000000186. The normalized spacial score (nSPS) is 10.3. The van der Waals surface area contributed by atoms with Gasteiger partial charge in [0.05, 0.1) is 0 Å². The van der Waals surface area contributed by atoms with Gasteiger partial charge in [0, 0.05) is 28.8 Å². The minimum absolute atomic E-state index is 0.692. The van der Waals surface area contributed by atoms with E-state index in [-0.39, 0.29) is 0 Å². The molecule has 0 aliphatic rings. The number of aryl methyl sites for hydroxylation is 2. The smallest absolute Gasteiger partial charge is 0.131 e. The number of rotatable bonds is 5. The van der Waals surface area contributed by atoms with Gasteiger partial charge in [-0.05, 0) is 121 Å². The van der Waals surface area contributed by atoms with Crippen molar-refractivity contribution in [2.75, 3.05) is 22.9 Å². The predicted octanol–water partition coefficient (Wildman–Crippen LogP) is 7.57. The van der Waals surface area contributed by atoms with E-state index in [9.17, 15) is 0 Å². The highest BCUT2D eigenvalue weighted by Gasteiger charge is 2.03. The molecule has 0 saturated heterocycles. The summed E-state index contributed by atoms with van der Waals surface area (Å²) in [5.41, 5.74) is 30.5. The molecule has 0 radical (unpaired) electrons. The van der Waals surface area contributed by atoms with Crippen molar-refractivity contribution in [3.63, 3.8) is 0 Å². The zero-order valence-electron chi connectivity index (χ0n) is 21.5. The fourth-order valence-electron chi connectivity index (χ4n) is 3.66. The van der Waals surface area contributed by atoms with Crippen LogP contribution in [0.4, 0.5) is 22.7 Å². The lowest BCUT2D eigenvalue weighted by Crippen LogP contribution is -1.91. The zero-order chi connectivity index (χ0) is 27.1. The minimum atomic E-state index is 0.692. The quantitative estimate of drug-likeness (QED) is 0.183. The van der Waals surface area contributed by atoms with Gasteiger partial charge in [-0.25, -0.2) is 0 Å². The number of hydrogen-bond donors (Lipinski definition) is 4. The average molecular weight is 505 g/mol. The lowest BCUT2D eigenvalue weighted by Gasteiger charge is -2.09. The maximum atomic E-state index is 5.80. The van der Waals surface area contributed by atoms with Crippen molar-refractivity contribution in [1.29, 1.82) is 0 Å². The second kappa shape index (κ2) is 11.8. The van der Waals surface area contributed by atoms with Crippen LogP contribution in [0.15, 0.2) is 109 Å². The first-order valence-electron chi connectivity index (χ1n) is 12.2. The number of hydrogen-bond acceptors (Lipinski definition) is 6. The second-order valence-electron chi connectivity index (χ2n) is 8.96. The summed E-state index contributed by atoms with van der Waals surface area (Å²) in [6.07, 6.45) is 0. The third-order valence-electron chi connectivity index (χ3n) is 5.91. The molecule has 0 amide bonds. The minimum Gasteiger partial charge on any atom is -0.457 e. The molecule has 0 saturated carbocycles. The molecule has 0 bridgehead atoms. The van der Waals surface area contributed by atoms with Crippen LogP contribution in [0.2, 0.25) is 0 Å². The summed E-state index contributed by atoms with van der Waals surface area (Å²) >= 11 is 0. The van der Waals surface area contributed by atoms with E-state index in [0.29, 0.717) is 22.9 Å². The number of benzene rings is 5. The average Bonchev–Trinajstić information content (AvgIpc) is 2.91. The molecule has 0 atom stereocenters. The van der Waals surface area contributed by atoms with E-state index in [1.165, 1.54) is 11.1 Å². The van der Waals surface area contributed by atoms with Crippen molar-refractivity contribution in [2.24, 2.45) is 0 Å². The molecular weight excluding hydrogens is 472 g/mol. The maximum Gasteiger partial charge on any atom is 0.131 e. The number of nitrogen functional groups attached to an aromatic ring is 4. The highest BCUT2D eigenvalue weighted by molar-refractivity contribution is 5.70. The molecule has 38 heavy (non-hydrogen) atoms. The fourth-order valence-corrected chi connectivity index (χ4v) is 3.66. The summed E-state index contributed by atoms with van der Waals surface area (Å²) in [6.45, 7) is 4.03. The van der Waals surface area contributed by atoms with Gasteiger partial charge < -0.3 is 32.4 Å². The van der Waals surface area contributed by atoms with Gasteiger partial charge in [-0.1, -0.05) is 18.2 Å². The number of nitrogens with two attached hydrogens (primary N) is 4. The highest BCUT2D eigenvalue weighted by atomic mass is 16.5. The second-order valence-corrected chi connectivity index (χ2v) is 8.96. The number of anilines is 4. The molecule has 192 valence electrons. The lowest BCUT2D eigenvalue weighted by molar-refractivity contribution is 0.460. The van der Waals surface area contributed by atoms with Crippen LogP contribution in [0.5, 0.6) is 23.0 Å². The molecule has 0 spiro atoms. The van der Waals surface area contributed by atoms with E-state index in [4.69, 9.17) is 32.4 Å². The van der Waals surface area contributed by atoms with Gasteiger partial charge in [0.1, 0.15) is 23.0 Å². The molecule has 0 unspecified atom stereocenters. The molecule has 5 aromatic carbocycles. The van der Waals surface area contributed by atoms with Crippen LogP contribution in [-0.2, 0) is 0 Å². The van der Waals surface area contributed by atoms with E-state index in [1.807, 2.05) is 86.6 Å². The first-order valence-corrected chi connectivity index (χ1v) is 12.2. The Morgan fingerprint density at radius 2 is 0.816 bits per heavy atom. The van der Waals surface area contributed by atoms with E-state index >= 15 is 0 Å². The van der Waals surface area contributed by atoms with Crippen LogP contribution < -0.4 is 32.4 Å². The topological polar surface area (TPSA) is 123 Å². The van der Waals surface area contributed by atoms with Gasteiger partial charge in [-0.15, -0.1) is 0 Å². The first-order chi connectivity index (χ1) is 18.3. The van der Waals surface area contributed by atoms with Crippen molar-refractivity contribution >= 4 is 22.7 Å². The Morgan fingerprint density at radius 1 is 0.421 bits per heavy atom. The van der Waals surface area contributed by atoms with Crippen molar-refractivity contribution in [2.45, 2.75) is 13.8 Å². The van der Waals surface area contributed by atoms with Crippen LogP contribution in [0.3, 0.4) is 0 Å². The van der Waals surface area contributed by atoms with E-state index in [2.05, 4.69) is 12.1 Å². The van der Waals surface area contributed by atoms with Crippen LogP contribution in [0.25, 0.3) is 11.1 Å². The third-order valence-corrected chi connectivity index (χ3v) is 5.91. The van der Waals surface area contributed by atoms with Crippen molar-refractivity contribution < 1.29 is 9.47 Å². The Bertz CT molecular complexity index is 1400. The molecule has 0 aliphatic carbocycles. The number of ether oxygens (including phenoxy) is 2. The van der Waals surface area contributed by atoms with Crippen LogP contribution in [-0.4, -0.2) is 0 Å². The maximum absolute atomic E-state index is 5.80. The molecule has 5 rings (SSSR count). The summed E-state index contributed by atoms with van der Waals surface area (Å²) in [6, 6.07) is 34.1. The van der Waals surface area contributed by atoms with Crippen LogP contribution in [0, 0.1) is 13.8 Å². The van der Waals surface area contributed by atoms with Gasteiger partial charge in [0.15, 0.2) is 0 Å². The van der Waals surface area contributed by atoms with Gasteiger partial charge in [0.2, 0.25) is 0 Å².